The van der Waals surface area contributed by atoms with Crippen LogP contribution in [0.25, 0.3) is 0 Å². The van der Waals surface area contributed by atoms with Crippen molar-refractivity contribution in [1.29, 1.82) is 0 Å². The second kappa shape index (κ2) is 8.05. The average molecular weight is 349 g/mol. The van der Waals surface area contributed by atoms with Gasteiger partial charge in [-0.25, -0.2) is 0 Å². The Bertz CT molecular complexity index is 672. The number of carbonyl (C=O) groups excluding carboxylic acids is 1. The van der Waals surface area contributed by atoms with Crippen molar-refractivity contribution in [2.24, 2.45) is 5.92 Å². The molecule has 0 spiro atoms. The van der Waals surface area contributed by atoms with Crippen LogP contribution in [-0.4, -0.2) is 36.6 Å². The number of amides is 1. The predicted octanol–water partition coefficient (Wildman–Crippen LogP) is 4.24. The third-order valence-electron chi connectivity index (χ3n) is 5.81. The van der Waals surface area contributed by atoms with E-state index in [4.69, 9.17) is 4.74 Å². The van der Waals surface area contributed by atoms with Gasteiger partial charge in [0.25, 0.3) is 0 Å². The number of nitrogens with zero attached hydrogens (tertiary/aromatic N) is 1. The smallest absolute Gasteiger partial charge is 0.225 e. The Morgan fingerprint density at radius 1 is 1.00 bits per heavy atom. The van der Waals surface area contributed by atoms with Gasteiger partial charge in [0.05, 0.1) is 12.7 Å². The molecule has 1 amide bonds. The standard InChI is InChI=1S/C23H27NO2/c25-23(20-12-7-13-20)24-14-15-26-21(17-24)16-22(18-8-3-1-4-9-18)19-10-5-2-6-11-19/h1-6,8-11,20-22H,7,12-17H2. The van der Waals surface area contributed by atoms with E-state index in [0.717, 1.165) is 32.4 Å². The van der Waals surface area contributed by atoms with Crippen molar-refractivity contribution < 1.29 is 9.53 Å². The van der Waals surface area contributed by atoms with Crippen molar-refractivity contribution in [3.63, 3.8) is 0 Å². The van der Waals surface area contributed by atoms with E-state index in [-0.39, 0.29) is 12.0 Å². The molecule has 136 valence electrons. The minimum absolute atomic E-state index is 0.0955. The first kappa shape index (κ1) is 17.3. The average Bonchev–Trinajstić information content (AvgIpc) is 2.66. The Labute approximate surface area is 156 Å². The minimum Gasteiger partial charge on any atom is -0.375 e. The van der Waals surface area contributed by atoms with E-state index in [9.17, 15) is 4.79 Å². The van der Waals surface area contributed by atoms with E-state index in [2.05, 4.69) is 60.7 Å². The summed E-state index contributed by atoms with van der Waals surface area (Å²) < 4.78 is 6.07. The highest BCUT2D eigenvalue weighted by molar-refractivity contribution is 5.79. The zero-order valence-corrected chi connectivity index (χ0v) is 15.2. The van der Waals surface area contributed by atoms with Gasteiger partial charge in [-0.05, 0) is 30.4 Å². The van der Waals surface area contributed by atoms with Gasteiger partial charge in [0.2, 0.25) is 5.91 Å². The van der Waals surface area contributed by atoms with E-state index in [1.54, 1.807) is 0 Å². The predicted molar refractivity (Wildman–Crippen MR) is 103 cm³/mol. The van der Waals surface area contributed by atoms with Gasteiger partial charge in [-0.2, -0.15) is 0 Å². The van der Waals surface area contributed by atoms with Crippen LogP contribution in [0.1, 0.15) is 42.7 Å². The van der Waals surface area contributed by atoms with E-state index in [1.165, 1.54) is 17.5 Å². The van der Waals surface area contributed by atoms with E-state index < -0.39 is 0 Å². The summed E-state index contributed by atoms with van der Waals surface area (Å²) in [6, 6.07) is 21.3. The fourth-order valence-corrected chi connectivity index (χ4v) is 4.07. The maximum Gasteiger partial charge on any atom is 0.225 e. The number of ether oxygens (including phenoxy) is 1. The Hall–Kier alpha value is -2.13. The summed E-state index contributed by atoms with van der Waals surface area (Å²) in [5, 5.41) is 0. The normalized spacial score (nSPS) is 20.8. The summed E-state index contributed by atoms with van der Waals surface area (Å²) in [4.78, 5) is 14.7. The molecule has 3 nitrogen and oxygen atoms in total. The van der Waals surface area contributed by atoms with Crippen LogP contribution in [0.4, 0.5) is 0 Å². The zero-order valence-electron chi connectivity index (χ0n) is 15.2. The second-order valence-corrected chi connectivity index (χ2v) is 7.51. The van der Waals surface area contributed by atoms with Crippen molar-refractivity contribution in [1.82, 2.24) is 4.90 Å². The van der Waals surface area contributed by atoms with Crippen LogP contribution in [-0.2, 0) is 9.53 Å². The summed E-state index contributed by atoms with van der Waals surface area (Å²) in [5.41, 5.74) is 2.62. The van der Waals surface area contributed by atoms with Gasteiger partial charge in [0.15, 0.2) is 0 Å². The van der Waals surface area contributed by atoms with Crippen LogP contribution in [0.5, 0.6) is 0 Å². The largest absolute Gasteiger partial charge is 0.375 e. The van der Waals surface area contributed by atoms with Crippen LogP contribution >= 0.6 is 0 Å². The third-order valence-corrected chi connectivity index (χ3v) is 5.81. The number of carbonyl (C=O) groups is 1. The Morgan fingerprint density at radius 3 is 2.15 bits per heavy atom. The maximum atomic E-state index is 12.6. The van der Waals surface area contributed by atoms with Crippen molar-refractivity contribution in [2.45, 2.75) is 37.7 Å². The highest BCUT2D eigenvalue weighted by atomic mass is 16.5. The molecule has 1 saturated heterocycles. The lowest BCUT2D eigenvalue weighted by Gasteiger charge is -2.38. The van der Waals surface area contributed by atoms with Crippen molar-refractivity contribution in [2.75, 3.05) is 19.7 Å². The highest BCUT2D eigenvalue weighted by Gasteiger charge is 2.33. The first-order valence-corrected chi connectivity index (χ1v) is 9.81. The number of rotatable bonds is 5. The molecule has 2 aromatic rings. The number of morpholine rings is 1. The lowest BCUT2D eigenvalue weighted by molar-refractivity contribution is -0.146. The lowest BCUT2D eigenvalue weighted by Crippen LogP contribution is -2.49. The van der Waals surface area contributed by atoms with Crippen LogP contribution in [0.15, 0.2) is 60.7 Å². The third kappa shape index (κ3) is 3.83. The molecule has 1 aliphatic carbocycles. The second-order valence-electron chi connectivity index (χ2n) is 7.51. The van der Waals surface area contributed by atoms with Crippen LogP contribution in [0.2, 0.25) is 0 Å². The molecule has 2 aromatic carbocycles. The molecule has 0 aromatic heterocycles. The monoisotopic (exact) mass is 349 g/mol. The van der Waals surface area contributed by atoms with Crippen LogP contribution in [0, 0.1) is 5.92 Å². The van der Waals surface area contributed by atoms with Crippen LogP contribution in [0.3, 0.4) is 0 Å². The molecule has 1 aliphatic heterocycles. The Morgan fingerprint density at radius 2 is 1.62 bits per heavy atom. The van der Waals surface area contributed by atoms with Gasteiger partial charge in [0.1, 0.15) is 0 Å². The molecule has 1 unspecified atom stereocenters. The van der Waals surface area contributed by atoms with Crippen molar-refractivity contribution in [3.8, 4) is 0 Å². The Balaban J connectivity index is 1.49. The molecule has 0 N–H and O–H groups in total. The first-order valence-electron chi connectivity index (χ1n) is 9.81. The molecule has 26 heavy (non-hydrogen) atoms. The summed E-state index contributed by atoms with van der Waals surface area (Å²) in [7, 11) is 0. The van der Waals surface area contributed by atoms with E-state index in [0.29, 0.717) is 18.4 Å². The molecule has 0 bridgehead atoms. The molecule has 2 fully saturated rings. The van der Waals surface area contributed by atoms with Gasteiger partial charge >= 0.3 is 0 Å². The Kier molecular flexibility index (Phi) is 5.35. The molecule has 1 saturated carbocycles. The number of hydrogen-bond donors (Lipinski definition) is 0. The molecule has 0 radical (unpaired) electrons. The maximum absolute atomic E-state index is 12.6. The fraction of sp³-hybridized carbons (Fsp3) is 0.435. The minimum atomic E-state index is 0.0955. The molecule has 2 aliphatic rings. The molecule has 1 heterocycles. The molecule has 4 rings (SSSR count). The van der Waals surface area contributed by atoms with Gasteiger partial charge in [-0.1, -0.05) is 67.1 Å². The number of benzene rings is 2. The molecular formula is C23H27NO2. The van der Waals surface area contributed by atoms with Gasteiger partial charge in [0, 0.05) is 24.9 Å². The van der Waals surface area contributed by atoms with Crippen LogP contribution < -0.4 is 0 Å². The molecular weight excluding hydrogens is 322 g/mol. The summed E-state index contributed by atoms with van der Waals surface area (Å²) in [6.07, 6.45) is 4.34. The fourth-order valence-electron chi connectivity index (χ4n) is 4.07. The number of hydrogen-bond acceptors (Lipinski definition) is 2. The molecule has 3 heteroatoms. The lowest BCUT2D eigenvalue weighted by atomic mass is 9.83. The highest BCUT2D eigenvalue weighted by Crippen LogP contribution is 2.32. The quantitative estimate of drug-likeness (QED) is 0.808. The van der Waals surface area contributed by atoms with Gasteiger partial charge in [-0.15, -0.1) is 0 Å². The topological polar surface area (TPSA) is 29.5 Å². The summed E-state index contributed by atoms with van der Waals surface area (Å²) in [5.74, 6) is 0.912. The summed E-state index contributed by atoms with van der Waals surface area (Å²) >= 11 is 0. The SMILES string of the molecule is O=C(C1CCC1)N1CCOC(CC(c2ccccc2)c2ccccc2)C1. The van der Waals surface area contributed by atoms with E-state index in [1.807, 2.05) is 4.90 Å². The van der Waals surface area contributed by atoms with E-state index >= 15 is 0 Å². The van der Waals surface area contributed by atoms with Crippen molar-refractivity contribution in [3.05, 3.63) is 71.8 Å². The zero-order chi connectivity index (χ0) is 17.8. The van der Waals surface area contributed by atoms with Gasteiger partial charge < -0.3 is 9.64 Å². The van der Waals surface area contributed by atoms with Crippen molar-refractivity contribution >= 4 is 5.91 Å². The van der Waals surface area contributed by atoms with Gasteiger partial charge in [-0.3, -0.25) is 4.79 Å². The first-order chi connectivity index (χ1) is 12.8. The summed E-state index contributed by atoms with van der Waals surface area (Å²) in [6.45, 7) is 2.12. The molecule has 1 atom stereocenters.